The molecule has 0 aliphatic carbocycles. The van der Waals surface area contributed by atoms with Crippen LogP contribution >= 0.6 is 15.9 Å². The van der Waals surface area contributed by atoms with Crippen molar-refractivity contribution in [2.75, 3.05) is 13.2 Å². The standard InChI is InChI=1S/C14H18BrNO2/c15-12-6-4-11(5-7-12)14(18)16-9-2-1-3-13(16)8-10-17/h4-7,13,17H,1-3,8-10H2. The van der Waals surface area contributed by atoms with Gasteiger partial charge in [-0.3, -0.25) is 4.79 Å². The molecular formula is C14H18BrNO2. The lowest BCUT2D eigenvalue weighted by Crippen LogP contribution is -2.44. The topological polar surface area (TPSA) is 40.5 Å². The van der Waals surface area contributed by atoms with E-state index in [1.807, 2.05) is 29.2 Å². The van der Waals surface area contributed by atoms with E-state index < -0.39 is 0 Å². The first kappa shape index (κ1) is 13.6. The van der Waals surface area contributed by atoms with Crippen LogP contribution in [0, 0.1) is 0 Å². The lowest BCUT2D eigenvalue weighted by atomic mass is 9.98. The summed E-state index contributed by atoms with van der Waals surface area (Å²) in [5.41, 5.74) is 0.725. The average Bonchev–Trinajstić information content (AvgIpc) is 2.40. The molecule has 1 aliphatic heterocycles. The zero-order chi connectivity index (χ0) is 13.0. The highest BCUT2D eigenvalue weighted by atomic mass is 79.9. The van der Waals surface area contributed by atoms with Crippen molar-refractivity contribution in [3.63, 3.8) is 0 Å². The van der Waals surface area contributed by atoms with Gasteiger partial charge in [0, 0.05) is 29.2 Å². The molecule has 1 unspecified atom stereocenters. The molecule has 1 saturated heterocycles. The fourth-order valence-corrected chi connectivity index (χ4v) is 2.74. The molecule has 0 bridgehead atoms. The van der Waals surface area contributed by atoms with Crippen molar-refractivity contribution < 1.29 is 9.90 Å². The number of hydrogen-bond donors (Lipinski definition) is 1. The first-order valence-electron chi connectivity index (χ1n) is 6.40. The van der Waals surface area contributed by atoms with E-state index in [1.165, 1.54) is 0 Å². The molecule has 1 atom stereocenters. The molecule has 4 heteroatoms. The molecule has 1 aromatic rings. The van der Waals surface area contributed by atoms with E-state index in [4.69, 9.17) is 5.11 Å². The highest BCUT2D eigenvalue weighted by molar-refractivity contribution is 9.10. The minimum atomic E-state index is 0.0839. The Hall–Kier alpha value is -0.870. The van der Waals surface area contributed by atoms with Gasteiger partial charge in [0.15, 0.2) is 0 Å². The molecule has 0 spiro atoms. The average molecular weight is 312 g/mol. The van der Waals surface area contributed by atoms with Crippen LogP contribution in [0.3, 0.4) is 0 Å². The zero-order valence-corrected chi connectivity index (χ0v) is 11.9. The summed E-state index contributed by atoms with van der Waals surface area (Å²) in [6.07, 6.45) is 3.89. The molecule has 0 saturated carbocycles. The van der Waals surface area contributed by atoms with Gasteiger partial charge in [-0.25, -0.2) is 0 Å². The van der Waals surface area contributed by atoms with Gasteiger partial charge in [-0.15, -0.1) is 0 Å². The predicted molar refractivity (Wildman–Crippen MR) is 74.5 cm³/mol. The molecule has 1 heterocycles. The molecule has 1 N–H and O–H groups in total. The van der Waals surface area contributed by atoms with Crippen LogP contribution in [0.1, 0.15) is 36.0 Å². The fraction of sp³-hybridized carbons (Fsp3) is 0.500. The van der Waals surface area contributed by atoms with Crippen molar-refractivity contribution in [2.45, 2.75) is 31.7 Å². The number of hydrogen-bond acceptors (Lipinski definition) is 2. The largest absolute Gasteiger partial charge is 0.396 e. The summed E-state index contributed by atoms with van der Waals surface area (Å²) in [7, 11) is 0. The number of carbonyl (C=O) groups is 1. The first-order valence-corrected chi connectivity index (χ1v) is 7.19. The van der Waals surface area contributed by atoms with Gasteiger partial charge in [0.05, 0.1) is 0 Å². The summed E-state index contributed by atoms with van der Waals surface area (Å²) in [4.78, 5) is 14.3. The minimum absolute atomic E-state index is 0.0839. The molecule has 1 fully saturated rings. The molecule has 0 aromatic heterocycles. The fourth-order valence-electron chi connectivity index (χ4n) is 2.48. The quantitative estimate of drug-likeness (QED) is 0.932. The van der Waals surface area contributed by atoms with Gasteiger partial charge in [-0.05, 0) is 49.9 Å². The van der Waals surface area contributed by atoms with E-state index in [9.17, 15) is 4.79 Å². The second kappa shape index (κ2) is 6.34. The molecule has 1 aliphatic rings. The highest BCUT2D eigenvalue weighted by Gasteiger charge is 2.26. The van der Waals surface area contributed by atoms with Crippen molar-refractivity contribution in [1.29, 1.82) is 0 Å². The summed E-state index contributed by atoms with van der Waals surface area (Å²) in [6.45, 7) is 0.953. The van der Waals surface area contributed by atoms with Crippen molar-refractivity contribution >= 4 is 21.8 Å². The Morgan fingerprint density at radius 3 is 2.72 bits per heavy atom. The SMILES string of the molecule is O=C(c1ccc(Br)cc1)N1CCCCC1CCO. The normalized spacial score (nSPS) is 19.9. The molecule has 1 aromatic carbocycles. The number of likely N-dealkylation sites (tertiary alicyclic amines) is 1. The third-order valence-corrected chi connectivity index (χ3v) is 3.97. The van der Waals surface area contributed by atoms with Crippen molar-refractivity contribution in [2.24, 2.45) is 0 Å². The second-order valence-electron chi connectivity index (χ2n) is 4.67. The summed E-state index contributed by atoms with van der Waals surface area (Å²) in [6, 6.07) is 7.66. The molecule has 0 radical (unpaired) electrons. The van der Waals surface area contributed by atoms with E-state index in [1.54, 1.807) is 0 Å². The van der Waals surface area contributed by atoms with Crippen LogP contribution in [0.25, 0.3) is 0 Å². The number of nitrogens with zero attached hydrogens (tertiary/aromatic N) is 1. The van der Waals surface area contributed by atoms with Crippen LogP contribution in [-0.4, -0.2) is 35.1 Å². The van der Waals surface area contributed by atoms with Gasteiger partial charge >= 0.3 is 0 Å². The van der Waals surface area contributed by atoms with Crippen LogP contribution in [0.4, 0.5) is 0 Å². The molecule has 2 rings (SSSR count). The third-order valence-electron chi connectivity index (χ3n) is 3.44. The molecule has 3 nitrogen and oxygen atoms in total. The Labute approximate surface area is 116 Å². The van der Waals surface area contributed by atoms with Crippen LogP contribution in [-0.2, 0) is 0 Å². The number of amides is 1. The Kier molecular flexibility index (Phi) is 4.78. The third kappa shape index (κ3) is 3.12. The van der Waals surface area contributed by atoms with Gasteiger partial charge in [0.1, 0.15) is 0 Å². The van der Waals surface area contributed by atoms with Crippen molar-refractivity contribution in [3.8, 4) is 0 Å². The van der Waals surface area contributed by atoms with Gasteiger partial charge < -0.3 is 10.0 Å². The highest BCUT2D eigenvalue weighted by Crippen LogP contribution is 2.22. The van der Waals surface area contributed by atoms with Crippen LogP contribution in [0.5, 0.6) is 0 Å². The number of halogens is 1. The van der Waals surface area contributed by atoms with Gasteiger partial charge in [0.25, 0.3) is 5.91 Å². The van der Waals surface area contributed by atoms with E-state index in [0.29, 0.717) is 6.42 Å². The van der Waals surface area contributed by atoms with E-state index in [0.717, 1.165) is 35.8 Å². The number of carbonyl (C=O) groups excluding carboxylic acids is 1. The van der Waals surface area contributed by atoms with Gasteiger partial charge in [0.2, 0.25) is 0 Å². The Morgan fingerprint density at radius 2 is 2.06 bits per heavy atom. The Balaban J connectivity index is 2.12. The summed E-state index contributed by atoms with van der Waals surface area (Å²) in [5, 5.41) is 9.08. The minimum Gasteiger partial charge on any atom is -0.396 e. The first-order chi connectivity index (χ1) is 8.72. The summed E-state index contributed by atoms with van der Waals surface area (Å²) in [5.74, 6) is 0.0839. The summed E-state index contributed by atoms with van der Waals surface area (Å²) < 4.78 is 0.976. The maximum atomic E-state index is 12.4. The van der Waals surface area contributed by atoms with Crippen molar-refractivity contribution in [3.05, 3.63) is 34.3 Å². The second-order valence-corrected chi connectivity index (χ2v) is 5.58. The molecular weight excluding hydrogens is 294 g/mol. The lowest BCUT2D eigenvalue weighted by Gasteiger charge is -2.35. The van der Waals surface area contributed by atoms with Crippen LogP contribution in [0.15, 0.2) is 28.7 Å². The zero-order valence-electron chi connectivity index (χ0n) is 10.3. The Morgan fingerprint density at radius 1 is 1.33 bits per heavy atom. The maximum Gasteiger partial charge on any atom is 0.254 e. The van der Waals surface area contributed by atoms with Crippen LogP contribution < -0.4 is 0 Å². The number of benzene rings is 1. The number of aliphatic hydroxyl groups is 1. The van der Waals surface area contributed by atoms with E-state index >= 15 is 0 Å². The predicted octanol–water partition coefficient (Wildman–Crippen LogP) is 2.83. The summed E-state index contributed by atoms with van der Waals surface area (Å²) >= 11 is 3.37. The van der Waals surface area contributed by atoms with Gasteiger partial charge in [-0.1, -0.05) is 15.9 Å². The number of piperidine rings is 1. The molecule has 18 heavy (non-hydrogen) atoms. The molecule has 1 amide bonds. The van der Waals surface area contributed by atoms with Crippen molar-refractivity contribution in [1.82, 2.24) is 4.90 Å². The Bertz CT molecular complexity index is 403. The monoisotopic (exact) mass is 311 g/mol. The van der Waals surface area contributed by atoms with E-state index in [-0.39, 0.29) is 18.6 Å². The smallest absolute Gasteiger partial charge is 0.254 e. The number of rotatable bonds is 3. The maximum absolute atomic E-state index is 12.4. The number of aliphatic hydroxyl groups excluding tert-OH is 1. The van der Waals surface area contributed by atoms with Crippen LogP contribution in [0.2, 0.25) is 0 Å². The molecule has 98 valence electrons. The van der Waals surface area contributed by atoms with Gasteiger partial charge in [-0.2, -0.15) is 0 Å². The van der Waals surface area contributed by atoms with E-state index in [2.05, 4.69) is 15.9 Å². The lowest BCUT2D eigenvalue weighted by molar-refractivity contribution is 0.0574.